The molecule has 0 aliphatic carbocycles. The molecule has 0 fully saturated rings. The topological polar surface area (TPSA) is 62.5 Å². The zero-order chi connectivity index (χ0) is 13.8. The Labute approximate surface area is 113 Å². The summed E-state index contributed by atoms with van der Waals surface area (Å²) in [4.78, 5) is 19.9. The van der Waals surface area contributed by atoms with E-state index in [0.717, 1.165) is 5.69 Å². The van der Waals surface area contributed by atoms with Gasteiger partial charge in [-0.15, -0.1) is 0 Å². The number of nitrogen functional groups attached to an aromatic ring is 1. The highest BCUT2D eigenvalue weighted by atomic mass is 16.2. The van der Waals surface area contributed by atoms with E-state index in [4.69, 9.17) is 5.73 Å². The van der Waals surface area contributed by atoms with Crippen LogP contribution < -0.4 is 10.6 Å². The third-order valence-electron chi connectivity index (χ3n) is 3.15. The van der Waals surface area contributed by atoms with Crippen LogP contribution in [0.25, 0.3) is 0 Å². The van der Waals surface area contributed by atoms with Crippen molar-refractivity contribution in [1.29, 1.82) is 0 Å². The van der Waals surface area contributed by atoms with E-state index in [-0.39, 0.29) is 12.1 Å². The summed E-state index contributed by atoms with van der Waals surface area (Å²) in [7, 11) is 1.79. The van der Waals surface area contributed by atoms with E-state index >= 15 is 0 Å². The van der Waals surface area contributed by atoms with E-state index in [1.54, 1.807) is 35.2 Å². The zero-order valence-corrected chi connectivity index (χ0v) is 11.2. The van der Waals surface area contributed by atoms with Crippen molar-refractivity contribution in [1.82, 2.24) is 9.88 Å². The average molecular weight is 258 g/mol. The molecule has 0 saturated carbocycles. The molecule has 0 bridgehead atoms. The lowest BCUT2D eigenvalue weighted by atomic mass is 10.3. The second-order valence-corrected chi connectivity index (χ2v) is 4.50. The molecular weight excluding hydrogens is 240 g/mol. The number of carbonyl (C=O) groups excluding carboxylic acids is 1. The molecule has 0 saturated heterocycles. The first-order valence-electron chi connectivity index (χ1n) is 6.19. The van der Waals surface area contributed by atoms with E-state index in [1.165, 1.54) is 0 Å². The van der Waals surface area contributed by atoms with Crippen molar-refractivity contribution in [2.45, 2.75) is 13.0 Å². The van der Waals surface area contributed by atoms with Gasteiger partial charge in [-0.3, -0.25) is 4.90 Å². The second-order valence-electron chi connectivity index (χ2n) is 4.50. The fraction of sp³-hybridized carbons (Fsp3) is 0.286. The van der Waals surface area contributed by atoms with E-state index in [2.05, 4.69) is 4.98 Å². The predicted octanol–water partition coefficient (Wildman–Crippen LogP) is 2.04. The van der Waals surface area contributed by atoms with Crippen LogP contribution in [0.5, 0.6) is 0 Å². The maximum atomic E-state index is 12.5. The molecule has 1 atom stereocenters. The van der Waals surface area contributed by atoms with Gasteiger partial charge < -0.3 is 10.6 Å². The third kappa shape index (κ3) is 2.93. The monoisotopic (exact) mass is 258 g/mol. The lowest BCUT2D eigenvalue weighted by Gasteiger charge is -2.29. The van der Waals surface area contributed by atoms with Crippen molar-refractivity contribution in [3.63, 3.8) is 0 Å². The number of hydrogen-bond donors (Lipinski definition) is 1. The van der Waals surface area contributed by atoms with Crippen LogP contribution in [0.3, 0.4) is 0 Å². The highest BCUT2D eigenvalue weighted by molar-refractivity contribution is 5.92. The number of pyridine rings is 1. The molecule has 2 heterocycles. The van der Waals surface area contributed by atoms with Gasteiger partial charge in [0, 0.05) is 19.6 Å². The Bertz CT molecular complexity index is 507. The summed E-state index contributed by atoms with van der Waals surface area (Å²) in [5.41, 5.74) is 6.31. The minimum Gasteiger partial charge on any atom is -0.384 e. The van der Waals surface area contributed by atoms with Gasteiger partial charge in [0.25, 0.3) is 0 Å². The minimum absolute atomic E-state index is 0.0412. The zero-order valence-electron chi connectivity index (χ0n) is 11.2. The van der Waals surface area contributed by atoms with Crippen molar-refractivity contribution in [2.24, 2.45) is 0 Å². The fourth-order valence-corrected chi connectivity index (χ4v) is 1.81. The molecule has 19 heavy (non-hydrogen) atoms. The van der Waals surface area contributed by atoms with Crippen LogP contribution in [0, 0.1) is 0 Å². The smallest absolute Gasteiger partial charge is 0.325 e. The summed E-state index contributed by atoms with van der Waals surface area (Å²) in [6.45, 7) is 2.48. The Hall–Kier alpha value is -2.30. The molecule has 1 aromatic heterocycles. The first-order chi connectivity index (χ1) is 9.09. The summed E-state index contributed by atoms with van der Waals surface area (Å²) in [6.07, 6.45) is 9.44. The van der Waals surface area contributed by atoms with Gasteiger partial charge in [-0.2, -0.15) is 0 Å². The van der Waals surface area contributed by atoms with Gasteiger partial charge in [0.15, 0.2) is 0 Å². The number of rotatable bonds is 1. The molecule has 1 unspecified atom stereocenters. The normalized spacial score (nSPS) is 23.5. The van der Waals surface area contributed by atoms with Gasteiger partial charge >= 0.3 is 6.03 Å². The number of anilines is 2. The molecular formula is C14H18N4O. The molecule has 0 aromatic carbocycles. The molecule has 2 amide bonds. The van der Waals surface area contributed by atoms with Crippen LogP contribution in [-0.4, -0.2) is 35.5 Å². The first kappa shape index (κ1) is 13.1. The number of aromatic nitrogens is 1. The van der Waals surface area contributed by atoms with Crippen molar-refractivity contribution >= 4 is 17.5 Å². The van der Waals surface area contributed by atoms with Gasteiger partial charge in [-0.05, 0) is 19.1 Å². The Kier molecular flexibility index (Phi) is 3.85. The number of allylic oxidation sites excluding steroid dienone is 2. The van der Waals surface area contributed by atoms with E-state index in [1.807, 2.05) is 31.2 Å². The summed E-state index contributed by atoms with van der Waals surface area (Å²) in [6, 6.07) is 3.48. The summed E-state index contributed by atoms with van der Waals surface area (Å²) in [5, 5.41) is 0. The van der Waals surface area contributed by atoms with Gasteiger partial charge in [0.1, 0.15) is 5.82 Å². The Morgan fingerprint density at radius 2 is 2.16 bits per heavy atom. The summed E-state index contributed by atoms with van der Waals surface area (Å²) >= 11 is 0. The molecule has 0 radical (unpaired) electrons. The molecule has 2 N–H and O–H groups in total. The molecule has 0 spiro atoms. The molecule has 1 aromatic rings. The van der Waals surface area contributed by atoms with Crippen LogP contribution in [-0.2, 0) is 0 Å². The SMILES string of the molecule is CC1/C=C\C=C/CN(c2ccc(N)nc2)C(=O)N1C. The second kappa shape index (κ2) is 5.56. The van der Waals surface area contributed by atoms with Crippen molar-refractivity contribution in [3.8, 4) is 0 Å². The van der Waals surface area contributed by atoms with E-state index in [9.17, 15) is 4.79 Å². The van der Waals surface area contributed by atoms with Gasteiger partial charge in [0.05, 0.1) is 11.9 Å². The van der Waals surface area contributed by atoms with Crippen LogP contribution in [0.2, 0.25) is 0 Å². The lowest BCUT2D eigenvalue weighted by molar-refractivity contribution is 0.209. The number of amides is 2. The van der Waals surface area contributed by atoms with Gasteiger partial charge in [-0.25, -0.2) is 9.78 Å². The number of nitrogens with zero attached hydrogens (tertiary/aromatic N) is 3. The molecule has 1 aliphatic rings. The Morgan fingerprint density at radius 3 is 2.84 bits per heavy atom. The van der Waals surface area contributed by atoms with Gasteiger partial charge in [0.2, 0.25) is 0 Å². The van der Waals surface area contributed by atoms with Crippen molar-refractivity contribution < 1.29 is 4.79 Å². The molecule has 2 rings (SSSR count). The van der Waals surface area contributed by atoms with E-state index in [0.29, 0.717) is 12.4 Å². The van der Waals surface area contributed by atoms with Crippen LogP contribution in [0.15, 0.2) is 42.6 Å². The number of likely N-dealkylation sites (N-methyl/N-ethyl adjacent to an activating group) is 1. The van der Waals surface area contributed by atoms with Crippen LogP contribution in [0.1, 0.15) is 6.92 Å². The molecule has 5 heteroatoms. The lowest BCUT2D eigenvalue weighted by Crippen LogP contribution is -2.44. The first-order valence-corrected chi connectivity index (χ1v) is 6.19. The Morgan fingerprint density at radius 1 is 1.37 bits per heavy atom. The maximum absolute atomic E-state index is 12.5. The summed E-state index contributed by atoms with van der Waals surface area (Å²) in [5.74, 6) is 0.444. The number of nitrogens with two attached hydrogens (primary N) is 1. The largest absolute Gasteiger partial charge is 0.384 e. The van der Waals surface area contributed by atoms with E-state index < -0.39 is 0 Å². The quantitative estimate of drug-likeness (QED) is 0.838. The molecule has 5 nitrogen and oxygen atoms in total. The van der Waals surface area contributed by atoms with Crippen LogP contribution in [0.4, 0.5) is 16.3 Å². The van der Waals surface area contributed by atoms with Gasteiger partial charge in [-0.1, -0.05) is 24.3 Å². The number of hydrogen-bond acceptors (Lipinski definition) is 3. The number of carbonyl (C=O) groups is 1. The number of urea groups is 1. The van der Waals surface area contributed by atoms with Crippen molar-refractivity contribution in [2.75, 3.05) is 24.2 Å². The highest BCUT2D eigenvalue weighted by Crippen LogP contribution is 2.17. The fourth-order valence-electron chi connectivity index (χ4n) is 1.81. The summed E-state index contributed by atoms with van der Waals surface area (Å²) < 4.78 is 0. The highest BCUT2D eigenvalue weighted by Gasteiger charge is 2.22. The molecule has 1 aliphatic heterocycles. The molecule has 100 valence electrons. The van der Waals surface area contributed by atoms with Crippen molar-refractivity contribution in [3.05, 3.63) is 42.6 Å². The third-order valence-corrected chi connectivity index (χ3v) is 3.15. The Balaban J connectivity index is 2.31. The minimum atomic E-state index is -0.0599. The maximum Gasteiger partial charge on any atom is 0.325 e. The van der Waals surface area contributed by atoms with Crippen LogP contribution >= 0.6 is 0 Å². The standard InChI is InChI=1S/C14H18N4O/c1-11-6-4-3-5-9-18(14(19)17(11)2)12-7-8-13(15)16-10-12/h3-8,10-11H,9H2,1-2H3,(H2,15,16)/b5-3-,6-4-. The predicted molar refractivity (Wildman–Crippen MR) is 76.9 cm³/mol. The average Bonchev–Trinajstić information content (AvgIpc) is 2.47.